The summed E-state index contributed by atoms with van der Waals surface area (Å²) < 4.78 is 0. The predicted octanol–water partition coefficient (Wildman–Crippen LogP) is 7.01. The van der Waals surface area contributed by atoms with E-state index in [0.29, 0.717) is 0 Å². The van der Waals surface area contributed by atoms with E-state index >= 15 is 0 Å². The summed E-state index contributed by atoms with van der Waals surface area (Å²) in [4.78, 5) is 0. The normalized spacial score (nSPS) is 13.0. The quantitative estimate of drug-likeness (QED) is 0.331. The Morgan fingerprint density at radius 1 is 0.429 bits per heavy atom. The maximum atomic E-state index is 4.10. The van der Waals surface area contributed by atoms with E-state index in [9.17, 15) is 0 Å². The van der Waals surface area contributed by atoms with Crippen molar-refractivity contribution in [1.82, 2.24) is 0 Å². The average Bonchev–Trinajstić information content (AvgIpc) is 2.73. The smallest absolute Gasteiger partial charge is 0.0852 e. The van der Waals surface area contributed by atoms with Crippen LogP contribution in [0, 0.1) is 0 Å². The van der Waals surface area contributed by atoms with Crippen molar-refractivity contribution in [2.24, 2.45) is 30.7 Å². The van der Waals surface area contributed by atoms with Crippen LogP contribution in [0.3, 0.4) is 0 Å². The van der Waals surface area contributed by atoms with Gasteiger partial charge in [-0.3, -0.25) is 0 Å². The molecule has 0 aliphatic rings. The van der Waals surface area contributed by atoms with E-state index in [1.807, 2.05) is 36.4 Å². The SMILES string of the molecule is CN=Nc1ccc(C(c2ccc(N=NC)cc2)c2ccc(N=NC)cc2)cc1. The van der Waals surface area contributed by atoms with Gasteiger partial charge in [0.25, 0.3) is 0 Å². The lowest BCUT2D eigenvalue weighted by Crippen LogP contribution is -2.03. The van der Waals surface area contributed by atoms with Gasteiger partial charge in [-0.25, -0.2) is 0 Å². The van der Waals surface area contributed by atoms with Crippen LogP contribution in [0.2, 0.25) is 0 Å². The van der Waals surface area contributed by atoms with Crippen LogP contribution in [-0.2, 0) is 0 Å². The van der Waals surface area contributed by atoms with Gasteiger partial charge in [0.05, 0.1) is 17.1 Å². The van der Waals surface area contributed by atoms with Crippen molar-refractivity contribution in [3.8, 4) is 0 Å². The van der Waals surface area contributed by atoms with Crippen LogP contribution >= 0.6 is 0 Å². The third kappa shape index (κ3) is 4.59. The molecule has 0 heterocycles. The minimum Gasteiger partial charge on any atom is -0.192 e. The fraction of sp³-hybridized carbons (Fsp3) is 0.182. The van der Waals surface area contributed by atoms with Gasteiger partial charge in [-0.15, -0.1) is 0 Å². The molecule has 3 aromatic carbocycles. The maximum Gasteiger partial charge on any atom is 0.0852 e. The Bertz CT molecular complexity index is 839. The van der Waals surface area contributed by atoms with E-state index < -0.39 is 0 Å². The highest BCUT2D eigenvalue weighted by Crippen LogP contribution is 2.34. The van der Waals surface area contributed by atoms with Crippen molar-refractivity contribution >= 4 is 17.1 Å². The molecule has 0 aliphatic carbocycles. The van der Waals surface area contributed by atoms with Crippen LogP contribution in [0.4, 0.5) is 17.1 Å². The predicted molar refractivity (Wildman–Crippen MR) is 112 cm³/mol. The fourth-order valence-corrected chi connectivity index (χ4v) is 3.12. The molecule has 0 aromatic heterocycles. The van der Waals surface area contributed by atoms with Crippen LogP contribution in [0.5, 0.6) is 0 Å². The van der Waals surface area contributed by atoms with Crippen LogP contribution in [0.15, 0.2) is 103 Å². The topological polar surface area (TPSA) is 74.2 Å². The molecule has 6 nitrogen and oxygen atoms in total. The van der Waals surface area contributed by atoms with Gasteiger partial charge in [-0.05, 0) is 53.1 Å². The molecule has 6 heteroatoms. The summed E-state index contributed by atoms with van der Waals surface area (Å²) in [6, 6.07) is 24.4. The highest BCUT2D eigenvalue weighted by atomic mass is 15.1. The van der Waals surface area contributed by atoms with Crippen molar-refractivity contribution in [3.63, 3.8) is 0 Å². The molecule has 140 valence electrons. The first-order valence-corrected chi connectivity index (χ1v) is 8.94. The Morgan fingerprint density at radius 2 is 0.679 bits per heavy atom. The first-order valence-electron chi connectivity index (χ1n) is 8.94. The summed E-state index contributed by atoms with van der Waals surface area (Å²) in [6.45, 7) is 0. The lowest BCUT2D eigenvalue weighted by Gasteiger charge is -2.19. The van der Waals surface area contributed by atoms with E-state index in [-0.39, 0.29) is 5.92 Å². The molecule has 0 atom stereocenters. The summed E-state index contributed by atoms with van der Waals surface area (Å²) in [5, 5.41) is 23.8. The molecule has 3 aromatic rings. The molecule has 0 amide bonds. The van der Waals surface area contributed by atoms with Crippen LogP contribution in [0.25, 0.3) is 0 Å². The minimum atomic E-state index is 0.0767. The van der Waals surface area contributed by atoms with Gasteiger partial charge in [0.1, 0.15) is 0 Å². The van der Waals surface area contributed by atoms with Gasteiger partial charge in [-0.2, -0.15) is 30.7 Å². The standard InChI is InChI=1S/C22H22N6/c1-23-26-19-10-4-16(5-11-19)22(17-6-12-20(13-7-17)27-24-2)18-8-14-21(15-9-18)28-25-3/h4-15,22H,1-3H3. The van der Waals surface area contributed by atoms with Gasteiger partial charge in [0, 0.05) is 27.1 Å². The van der Waals surface area contributed by atoms with Gasteiger partial charge in [0.2, 0.25) is 0 Å². The number of nitrogens with zero attached hydrogens (tertiary/aromatic N) is 6. The number of benzene rings is 3. The number of azo groups is 3. The molecule has 28 heavy (non-hydrogen) atoms. The van der Waals surface area contributed by atoms with Crippen molar-refractivity contribution in [2.75, 3.05) is 21.1 Å². The first kappa shape index (κ1) is 19.2. The lowest BCUT2D eigenvalue weighted by atomic mass is 9.85. The van der Waals surface area contributed by atoms with Crippen molar-refractivity contribution in [3.05, 3.63) is 89.5 Å². The molecule has 0 spiro atoms. The van der Waals surface area contributed by atoms with E-state index in [4.69, 9.17) is 0 Å². The highest BCUT2D eigenvalue weighted by molar-refractivity contribution is 5.51. The second-order valence-electron chi connectivity index (χ2n) is 6.11. The molecule has 0 bridgehead atoms. The minimum absolute atomic E-state index is 0.0767. The third-order valence-corrected chi connectivity index (χ3v) is 4.33. The molecule has 0 N–H and O–H groups in total. The molecule has 0 saturated carbocycles. The van der Waals surface area contributed by atoms with Gasteiger partial charge >= 0.3 is 0 Å². The first-order chi connectivity index (χ1) is 13.7. The van der Waals surface area contributed by atoms with Crippen molar-refractivity contribution in [1.29, 1.82) is 0 Å². The van der Waals surface area contributed by atoms with Crippen LogP contribution in [-0.4, -0.2) is 21.1 Å². The van der Waals surface area contributed by atoms with Crippen molar-refractivity contribution < 1.29 is 0 Å². The molecule has 0 aliphatic heterocycles. The Hall–Kier alpha value is -3.54. The fourth-order valence-electron chi connectivity index (χ4n) is 3.12. The third-order valence-electron chi connectivity index (χ3n) is 4.33. The molecule has 0 unspecified atom stereocenters. The van der Waals surface area contributed by atoms with E-state index in [2.05, 4.69) is 67.1 Å². The summed E-state index contributed by atoms with van der Waals surface area (Å²) in [7, 11) is 5.00. The van der Waals surface area contributed by atoms with Crippen LogP contribution in [0.1, 0.15) is 22.6 Å². The lowest BCUT2D eigenvalue weighted by molar-refractivity contribution is 0.974. The molecule has 0 radical (unpaired) electrons. The van der Waals surface area contributed by atoms with E-state index in [1.165, 1.54) is 16.7 Å². The molecule has 0 fully saturated rings. The average molecular weight is 370 g/mol. The summed E-state index contributed by atoms with van der Waals surface area (Å²) in [6.07, 6.45) is 0. The zero-order valence-corrected chi connectivity index (χ0v) is 16.2. The van der Waals surface area contributed by atoms with Gasteiger partial charge in [0.15, 0.2) is 0 Å². The van der Waals surface area contributed by atoms with E-state index in [1.54, 1.807) is 21.1 Å². The Morgan fingerprint density at radius 3 is 0.893 bits per heavy atom. The number of hydrogen-bond donors (Lipinski definition) is 0. The second kappa shape index (κ2) is 9.41. The summed E-state index contributed by atoms with van der Waals surface area (Å²) in [5.41, 5.74) is 6.02. The largest absolute Gasteiger partial charge is 0.192 e. The second-order valence-corrected chi connectivity index (χ2v) is 6.11. The van der Waals surface area contributed by atoms with Gasteiger partial charge < -0.3 is 0 Å². The summed E-state index contributed by atoms with van der Waals surface area (Å²) >= 11 is 0. The Balaban J connectivity index is 2.04. The monoisotopic (exact) mass is 370 g/mol. The zero-order chi connectivity index (χ0) is 19.8. The van der Waals surface area contributed by atoms with Crippen molar-refractivity contribution in [2.45, 2.75) is 5.92 Å². The highest BCUT2D eigenvalue weighted by Gasteiger charge is 2.17. The maximum absolute atomic E-state index is 4.10. The van der Waals surface area contributed by atoms with Crippen LogP contribution < -0.4 is 0 Å². The Kier molecular flexibility index (Phi) is 6.46. The zero-order valence-electron chi connectivity index (χ0n) is 16.2. The molecular weight excluding hydrogens is 348 g/mol. The number of rotatable bonds is 6. The molecular formula is C22H22N6. The summed E-state index contributed by atoms with van der Waals surface area (Å²) in [5.74, 6) is 0.0767. The Labute approximate surface area is 164 Å². The number of hydrogen-bond acceptors (Lipinski definition) is 6. The van der Waals surface area contributed by atoms with Gasteiger partial charge in [-0.1, -0.05) is 36.4 Å². The van der Waals surface area contributed by atoms with E-state index in [0.717, 1.165) is 17.1 Å². The molecule has 0 saturated heterocycles. The molecule has 3 rings (SSSR count).